The summed E-state index contributed by atoms with van der Waals surface area (Å²) in [5.74, 6) is 0.594. The molecule has 2 rings (SSSR count). The lowest BCUT2D eigenvalue weighted by molar-refractivity contribution is 0.407. The Morgan fingerprint density at radius 2 is 1.76 bits per heavy atom. The molecule has 21 heavy (non-hydrogen) atoms. The van der Waals surface area contributed by atoms with Gasteiger partial charge in [0.25, 0.3) is 0 Å². The molecule has 2 aromatic rings. The molecule has 0 aliphatic carbocycles. The second-order valence-corrected chi connectivity index (χ2v) is 6.25. The average Bonchev–Trinajstić information content (AvgIpc) is 2.41. The molecule has 112 valence electrons. The summed E-state index contributed by atoms with van der Waals surface area (Å²) < 4.78 is 19.6. The predicted octanol–water partition coefficient (Wildman–Crippen LogP) is 4.81. The van der Waals surface area contributed by atoms with Crippen LogP contribution >= 0.6 is 0 Å². The van der Waals surface area contributed by atoms with E-state index in [4.69, 9.17) is 4.74 Å². The lowest BCUT2D eigenvalue weighted by Crippen LogP contribution is -2.35. The van der Waals surface area contributed by atoms with Crippen molar-refractivity contribution in [3.8, 4) is 11.5 Å². The van der Waals surface area contributed by atoms with Crippen LogP contribution in [0.1, 0.15) is 31.9 Å². The first-order valence-corrected chi connectivity index (χ1v) is 7.12. The highest BCUT2D eigenvalue weighted by Crippen LogP contribution is 2.28. The van der Waals surface area contributed by atoms with E-state index < -0.39 is 0 Å². The molecule has 1 N–H and O–H groups in total. The number of ether oxygens (including phenoxy) is 1. The van der Waals surface area contributed by atoms with Crippen molar-refractivity contribution in [3.05, 3.63) is 59.4 Å². The first kappa shape index (κ1) is 15.5. The van der Waals surface area contributed by atoms with Gasteiger partial charge in [-0.15, -0.1) is 0 Å². The van der Waals surface area contributed by atoms with Gasteiger partial charge in [-0.2, -0.15) is 0 Å². The fourth-order valence-corrected chi connectivity index (χ4v) is 1.92. The molecular weight excluding hydrogens is 265 g/mol. The molecule has 0 bridgehead atoms. The molecule has 0 amide bonds. The Bertz CT molecular complexity index is 617. The first-order valence-electron chi connectivity index (χ1n) is 7.12. The summed E-state index contributed by atoms with van der Waals surface area (Å²) in [7, 11) is 0. The highest BCUT2D eigenvalue weighted by molar-refractivity contribution is 5.39. The summed E-state index contributed by atoms with van der Waals surface area (Å²) in [4.78, 5) is 0. The van der Waals surface area contributed by atoms with E-state index in [1.54, 1.807) is 12.1 Å². The lowest BCUT2D eigenvalue weighted by Gasteiger charge is -2.21. The van der Waals surface area contributed by atoms with Gasteiger partial charge in [-0.3, -0.25) is 0 Å². The Hall–Kier alpha value is -1.87. The SMILES string of the molecule is Cc1ccc(F)c(Oc2ccccc2CNC(C)(C)C)c1. The zero-order valence-electron chi connectivity index (χ0n) is 13.0. The maximum absolute atomic E-state index is 13.8. The van der Waals surface area contributed by atoms with Crippen LogP contribution in [-0.4, -0.2) is 5.54 Å². The zero-order valence-corrected chi connectivity index (χ0v) is 13.0. The average molecular weight is 287 g/mol. The van der Waals surface area contributed by atoms with Gasteiger partial charge in [-0.1, -0.05) is 24.3 Å². The summed E-state index contributed by atoms with van der Waals surface area (Å²) in [6.45, 7) is 8.91. The molecule has 0 heterocycles. The molecule has 0 aromatic heterocycles. The van der Waals surface area contributed by atoms with Crippen LogP contribution in [-0.2, 0) is 6.54 Å². The predicted molar refractivity (Wildman–Crippen MR) is 84.2 cm³/mol. The Morgan fingerprint density at radius 1 is 1.05 bits per heavy atom. The van der Waals surface area contributed by atoms with Crippen LogP contribution in [0.2, 0.25) is 0 Å². The number of para-hydroxylation sites is 1. The highest BCUT2D eigenvalue weighted by Gasteiger charge is 2.12. The molecule has 0 aliphatic heterocycles. The fraction of sp³-hybridized carbons (Fsp3) is 0.333. The van der Waals surface area contributed by atoms with Crippen LogP contribution in [0, 0.1) is 12.7 Å². The zero-order chi connectivity index (χ0) is 15.5. The van der Waals surface area contributed by atoms with Gasteiger partial charge in [0.1, 0.15) is 5.75 Å². The number of nitrogens with one attached hydrogen (secondary N) is 1. The molecule has 0 spiro atoms. The number of halogens is 1. The number of benzene rings is 2. The van der Waals surface area contributed by atoms with Gasteiger partial charge in [0.2, 0.25) is 0 Å². The van der Waals surface area contributed by atoms with E-state index in [2.05, 4.69) is 26.1 Å². The van der Waals surface area contributed by atoms with Crippen molar-refractivity contribution in [3.63, 3.8) is 0 Å². The molecular formula is C18H22FNO. The standard InChI is InChI=1S/C18H22FNO/c1-13-9-10-15(19)17(11-13)21-16-8-6-5-7-14(16)12-20-18(2,3)4/h5-11,20H,12H2,1-4H3. The maximum atomic E-state index is 13.8. The second kappa shape index (κ2) is 6.27. The van der Waals surface area contributed by atoms with Crippen molar-refractivity contribution in [2.75, 3.05) is 0 Å². The molecule has 2 nitrogen and oxygen atoms in total. The summed E-state index contributed by atoms with van der Waals surface area (Å²) in [5, 5.41) is 3.42. The Morgan fingerprint density at radius 3 is 2.48 bits per heavy atom. The van der Waals surface area contributed by atoms with Crippen LogP contribution in [0.15, 0.2) is 42.5 Å². The summed E-state index contributed by atoms with van der Waals surface area (Å²) in [5.41, 5.74) is 1.99. The maximum Gasteiger partial charge on any atom is 0.165 e. The van der Waals surface area contributed by atoms with Crippen LogP contribution in [0.4, 0.5) is 4.39 Å². The van der Waals surface area contributed by atoms with Crippen molar-refractivity contribution in [1.82, 2.24) is 5.32 Å². The quantitative estimate of drug-likeness (QED) is 0.871. The van der Waals surface area contributed by atoms with E-state index in [9.17, 15) is 4.39 Å². The van der Waals surface area contributed by atoms with Crippen molar-refractivity contribution in [2.45, 2.75) is 39.8 Å². The van der Waals surface area contributed by atoms with E-state index in [1.807, 2.05) is 31.2 Å². The van der Waals surface area contributed by atoms with Gasteiger partial charge in [0.05, 0.1) is 0 Å². The first-order chi connectivity index (χ1) is 9.85. The second-order valence-electron chi connectivity index (χ2n) is 6.25. The fourth-order valence-electron chi connectivity index (χ4n) is 1.92. The van der Waals surface area contributed by atoms with Crippen LogP contribution in [0.5, 0.6) is 11.5 Å². The largest absolute Gasteiger partial charge is 0.454 e. The number of hydrogen-bond donors (Lipinski definition) is 1. The minimum Gasteiger partial charge on any atom is -0.454 e. The van der Waals surface area contributed by atoms with Gasteiger partial charge < -0.3 is 10.1 Å². The van der Waals surface area contributed by atoms with Gasteiger partial charge >= 0.3 is 0 Å². The molecule has 0 saturated heterocycles. The molecule has 0 saturated carbocycles. The Labute approximate surface area is 126 Å². The molecule has 0 fully saturated rings. The third-order valence-corrected chi connectivity index (χ3v) is 3.09. The smallest absolute Gasteiger partial charge is 0.165 e. The normalized spacial score (nSPS) is 11.5. The van der Waals surface area contributed by atoms with E-state index in [1.165, 1.54) is 6.07 Å². The Balaban J connectivity index is 2.22. The molecule has 0 aliphatic rings. The number of hydrogen-bond acceptors (Lipinski definition) is 2. The minimum absolute atomic E-state index is 0.0156. The van der Waals surface area contributed by atoms with Crippen molar-refractivity contribution >= 4 is 0 Å². The van der Waals surface area contributed by atoms with E-state index in [0.29, 0.717) is 12.3 Å². The molecule has 0 atom stereocenters. The number of rotatable bonds is 4. The van der Waals surface area contributed by atoms with Gasteiger partial charge in [0, 0.05) is 17.6 Å². The van der Waals surface area contributed by atoms with E-state index in [-0.39, 0.29) is 17.1 Å². The van der Waals surface area contributed by atoms with Gasteiger partial charge in [-0.25, -0.2) is 4.39 Å². The van der Waals surface area contributed by atoms with Crippen molar-refractivity contribution in [2.24, 2.45) is 0 Å². The highest BCUT2D eigenvalue weighted by atomic mass is 19.1. The summed E-state index contributed by atoms with van der Waals surface area (Å²) >= 11 is 0. The molecule has 3 heteroatoms. The van der Waals surface area contributed by atoms with E-state index in [0.717, 1.165) is 11.1 Å². The Kier molecular flexibility index (Phi) is 4.63. The van der Waals surface area contributed by atoms with Crippen molar-refractivity contribution in [1.29, 1.82) is 0 Å². The van der Waals surface area contributed by atoms with Crippen LogP contribution in [0.25, 0.3) is 0 Å². The van der Waals surface area contributed by atoms with Gasteiger partial charge in [0.15, 0.2) is 11.6 Å². The monoisotopic (exact) mass is 287 g/mol. The minimum atomic E-state index is -0.348. The topological polar surface area (TPSA) is 21.3 Å². The van der Waals surface area contributed by atoms with Crippen LogP contribution in [0.3, 0.4) is 0 Å². The van der Waals surface area contributed by atoms with Crippen molar-refractivity contribution < 1.29 is 9.13 Å². The third kappa shape index (κ3) is 4.57. The van der Waals surface area contributed by atoms with Crippen LogP contribution < -0.4 is 10.1 Å². The molecule has 0 radical (unpaired) electrons. The van der Waals surface area contributed by atoms with E-state index >= 15 is 0 Å². The third-order valence-electron chi connectivity index (χ3n) is 3.09. The van der Waals surface area contributed by atoms with Gasteiger partial charge in [-0.05, 0) is 51.5 Å². The summed E-state index contributed by atoms with van der Waals surface area (Å²) in [6.07, 6.45) is 0. The molecule has 0 unspecified atom stereocenters. The lowest BCUT2D eigenvalue weighted by atomic mass is 10.1. The summed E-state index contributed by atoms with van der Waals surface area (Å²) in [6, 6.07) is 12.6. The number of aryl methyl sites for hydroxylation is 1. The molecule has 2 aromatic carbocycles.